The smallest absolute Gasteiger partial charge is 0.252 e. The minimum absolute atomic E-state index is 0.00772. The molecule has 0 saturated heterocycles. The number of hydrogen-bond acceptors (Lipinski definition) is 1. The van der Waals surface area contributed by atoms with Gasteiger partial charge in [0, 0.05) is 0 Å². The topological polar surface area (TPSA) is 12.9 Å². The summed E-state index contributed by atoms with van der Waals surface area (Å²) in [7, 11) is 0. The standard InChI is InChI=1S/C7H5ClF3N/c1-3-5(8)4(9)2-12-6(3)7(10)11/h2,7H,1H3. The first kappa shape index (κ1) is 9.32. The van der Waals surface area contributed by atoms with E-state index in [0.717, 1.165) is 0 Å². The molecule has 0 amide bonds. The lowest BCUT2D eigenvalue weighted by molar-refractivity contribution is 0.145. The monoisotopic (exact) mass is 195 g/mol. The van der Waals surface area contributed by atoms with Gasteiger partial charge < -0.3 is 0 Å². The summed E-state index contributed by atoms with van der Waals surface area (Å²) in [6.45, 7) is 1.31. The Kier molecular flexibility index (Phi) is 2.57. The summed E-state index contributed by atoms with van der Waals surface area (Å²) in [5.74, 6) is -0.779. The van der Waals surface area contributed by atoms with Gasteiger partial charge in [0.25, 0.3) is 6.43 Å². The van der Waals surface area contributed by atoms with E-state index in [-0.39, 0.29) is 10.6 Å². The Bertz CT molecular complexity index is 301. The molecule has 0 radical (unpaired) electrons. The second-order valence-electron chi connectivity index (χ2n) is 2.23. The molecule has 12 heavy (non-hydrogen) atoms. The number of pyridine rings is 1. The molecule has 0 spiro atoms. The van der Waals surface area contributed by atoms with Crippen molar-refractivity contribution in [2.24, 2.45) is 0 Å². The summed E-state index contributed by atoms with van der Waals surface area (Å²) in [6, 6.07) is 0. The van der Waals surface area contributed by atoms with E-state index in [1.165, 1.54) is 6.92 Å². The van der Waals surface area contributed by atoms with Gasteiger partial charge in [0.2, 0.25) is 0 Å². The quantitative estimate of drug-likeness (QED) is 0.671. The zero-order valence-corrected chi connectivity index (χ0v) is 6.87. The Morgan fingerprint density at radius 2 is 2.08 bits per heavy atom. The fourth-order valence-electron chi connectivity index (χ4n) is 0.791. The average Bonchev–Trinajstić information content (AvgIpc) is 2.00. The summed E-state index contributed by atoms with van der Waals surface area (Å²) < 4.78 is 36.8. The number of alkyl halides is 2. The Hall–Kier alpha value is -0.770. The lowest BCUT2D eigenvalue weighted by Gasteiger charge is -2.04. The Morgan fingerprint density at radius 3 is 2.58 bits per heavy atom. The number of halogens is 4. The van der Waals surface area contributed by atoms with Crippen LogP contribution in [0, 0.1) is 12.7 Å². The largest absolute Gasteiger partial charge is 0.280 e. The third-order valence-electron chi connectivity index (χ3n) is 1.45. The fraction of sp³-hybridized carbons (Fsp3) is 0.286. The molecule has 1 heterocycles. The van der Waals surface area contributed by atoms with Gasteiger partial charge in [-0.25, -0.2) is 13.2 Å². The van der Waals surface area contributed by atoms with Gasteiger partial charge in [-0.2, -0.15) is 0 Å². The van der Waals surface area contributed by atoms with E-state index in [1.54, 1.807) is 0 Å². The van der Waals surface area contributed by atoms with Crippen LogP contribution >= 0.6 is 11.6 Å². The summed E-state index contributed by atoms with van der Waals surface area (Å²) in [4.78, 5) is 3.23. The normalized spacial score (nSPS) is 10.8. The van der Waals surface area contributed by atoms with Crippen molar-refractivity contribution in [2.45, 2.75) is 13.3 Å². The first-order chi connectivity index (χ1) is 5.54. The summed E-state index contributed by atoms with van der Waals surface area (Å²) >= 11 is 5.38. The van der Waals surface area contributed by atoms with Crippen molar-refractivity contribution in [1.29, 1.82) is 0 Å². The fourth-order valence-corrected chi connectivity index (χ4v) is 0.937. The molecule has 0 aliphatic carbocycles. The molecule has 5 heteroatoms. The van der Waals surface area contributed by atoms with Crippen LogP contribution in [0.2, 0.25) is 5.02 Å². The van der Waals surface area contributed by atoms with Crippen molar-refractivity contribution < 1.29 is 13.2 Å². The van der Waals surface area contributed by atoms with E-state index in [0.29, 0.717) is 6.20 Å². The van der Waals surface area contributed by atoms with Gasteiger partial charge in [0.1, 0.15) is 5.69 Å². The molecule has 0 aliphatic heterocycles. The average molecular weight is 196 g/mol. The van der Waals surface area contributed by atoms with Crippen LogP contribution in [-0.4, -0.2) is 4.98 Å². The molecular formula is C7H5ClF3N. The van der Waals surface area contributed by atoms with Crippen LogP contribution in [0.15, 0.2) is 6.20 Å². The number of nitrogens with zero attached hydrogens (tertiary/aromatic N) is 1. The molecule has 1 aromatic rings. The van der Waals surface area contributed by atoms with Crippen molar-refractivity contribution in [3.8, 4) is 0 Å². The first-order valence-corrected chi connectivity index (χ1v) is 3.50. The highest BCUT2D eigenvalue weighted by molar-refractivity contribution is 6.31. The summed E-state index contributed by atoms with van der Waals surface area (Å²) in [5, 5.41) is -0.291. The van der Waals surface area contributed by atoms with E-state index in [4.69, 9.17) is 11.6 Å². The van der Waals surface area contributed by atoms with E-state index in [2.05, 4.69) is 4.98 Å². The van der Waals surface area contributed by atoms with Crippen molar-refractivity contribution >= 4 is 11.6 Å². The molecular weight excluding hydrogens is 191 g/mol. The zero-order valence-electron chi connectivity index (χ0n) is 6.11. The van der Waals surface area contributed by atoms with Gasteiger partial charge in [0.05, 0.1) is 11.2 Å². The van der Waals surface area contributed by atoms with Crippen LogP contribution in [-0.2, 0) is 0 Å². The Morgan fingerprint density at radius 1 is 1.50 bits per heavy atom. The summed E-state index contributed by atoms with van der Waals surface area (Å²) in [6.07, 6.45) is -2.03. The molecule has 0 saturated carbocycles. The predicted molar refractivity (Wildman–Crippen MR) is 38.9 cm³/mol. The SMILES string of the molecule is Cc1c(C(F)F)ncc(F)c1Cl. The first-order valence-electron chi connectivity index (χ1n) is 3.12. The molecule has 0 bridgehead atoms. The Labute approximate surface area is 72.2 Å². The van der Waals surface area contributed by atoms with Crippen LogP contribution in [0.5, 0.6) is 0 Å². The molecule has 0 unspecified atom stereocenters. The van der Waals surface area contributed by atoms with Crippen molar-refractivity contribution in [3.05, 3.63) is 28.3 Å². The van der Waals surface area contributed by atoms with Crippen LogP contribution in [0.4, 0.5) is 13.2 Å². The van der Waals surface area contributed by atoms with Gasteiger partial charge in [-0.1, -0.05) is 11.6 Å². The molecule has 1 nitrogen and oxygen atoms in total. The number of rotatable bonds is 1. The van der Waals surface area contributed by atoms with E-state index >= 15 is 0 Å². The molecule has 1 rings (SSSR count). The van der Waals surface area contributed by atoms with Gasteiger partial charge in [0.15, 0.2) is 5.82 Å². The minimum atomic E-state index is -2.72. The molecule has 0 N–H and O–H groups in total. The zero-order chi connectivity index (χ0) is 9.30. The van der Waals surface area contributed by atoms with Crippen molar-refractivity contribution in [3.63, 3.8) is 0 Å². The molecule has 1 aromatic heterocycles. The van der Waals surface area contributed by atoms with E-state index in [1.807, 2.05) is 0 Å². The Balaban J connectivity index is 3.27. The van der Waals surface area contributed by atoms with Crippen LogP contribution < -0.4 is 0 Å². The van der Waals surface area contributed by atoms with E-state index < -0.39 is 17.9 Å². The maximum atomic E-state index is 12.6. The van der Waals surface area contributed by atoms with Gasteiger partial charge in [-0.3, -0.25) is 4.98 Å². The van der Waals surface area contributed by atoms with Crippen molar-refractivity contribution in [1.82, 2.24) is 4.98 Å². The highest BCUT2D eigenvalue weighted by atomic mass is 35.5. The second-order valence-corrected chi connectivity index (χ2v) is 2.61. The lowest BCUT2D eigenvalue weighted by atomic mass is 10.2. The predicted octanol–water partition coefficient (Wildman–Crippen LogP) is 3.12. The maximum absolute atomic E-state index is 12.6. The van der Waals surface area contributed by atoms with Crippen molar-refractivity contribution in [2.75, 3.05) is 0 Å². The number of aromatic nitrogens is 1. The lowest BCUT2D eigenvalue weighted by Crippen LogP contribution is -1.97. The molecule has 0 aliphatic rings. The highest BCUT2D eigenvalue weighted by Gasteiger charge is 2.16. The van der Waals surface area contributed by atoms with E-state index in [9.17, 15) is 13.2 Å². The van der Waals surface area contributed by atoms with Crippen LogP contribution in [0.25, 0.3) is 0 Å². The van der Waals surface area contributed by atoms with Crippen LogP contribution in [0.1, 0.15) is 17.7 Å². The van der Waals surface area contributed by atoms with Gasteiger partial charge in [-0.15, -0.1) is 0 Å². The third-order valence-corrected chi connectivity index (χ3v) is 1.91. The van der Waals surface area contributed by atoms with Crippen LogP contribution in [0.3, 0.4) is 0 Å². The number of hydrogen-bond donors (Lipinski definition) is 0. The minimum Gasteiger partial charge on any atom is -0.252 e. The molecule has 0 aromatic carbocycles. The molecule has 0 fully saturated rings. The molecule has 0 atom stereocenters. The van der Waals surface area contributed by atoms with Gasteiger partial charge in [-0.05, 0) is 12.5 Å². The molecule has 66 valence electrons. The second kappa shape index (κ2) is 3.31. The highest BCUT2D eigenvalue weighted by Crippen LogP contribution is 2.26. The summed E-state index contributed by atoms with van der Waals surface area (Å²) in [5.41, 5.74) is -0.479. The maximum Gasteiger partial charge on any atom is 0.280 e. The third kappa shape index (κ3) is 1.53. The van der Waals surface area contributed by atoms with Gasteiger partial charge >= 0.3 is 0 Å².